The fourth-order valence-electron chi connectivity index (χ4n) is 3.08. The number of ether oxygens (including phenoxy) is 2. The fourth-order valence-corrected chi connectivity index (χ4v) is 3.08. The second-order valence-electron chi connectivity index (χ2n) is 6.45. The second-order valence-corrected chi connectivity index (χ2v) is 6.45. The third-order valence-electron chi connectivity index (χ3n) is 4.36. The van der Waals surface area contributed by atoms with Gasteiger partial charge in [-0.05, 0) is 37.3 Å². The van der Waals surface area contributed by atoms with Gasteiger partial charge in [-0.2, -0.15) is 0 Å². The highest BCUT2D eigenvalue weighted by Gasteiger charge is 2.22. The minimum Gasteiger partial charge on any atom is -0.463 e. The van der Waals surface area contributed by atoms with E-state index in [1.54, 1.807) is 27.1 Å². The van der Waals surface area contributed by atoms with Gasteiger partial charge in [0.25, 0.3) is 0 Å². The van der Waals surface area contributed by atoms with E-state index < -0.39 is 12.1 Å². The van der Waals surface area contributed by atoms with Gasteiger partial charge in [0.2, 0.25) is 0 Å². The number of rotatable bonds is 5. The summed E-state index contributed by atoms with van der Waals surface area (Å²) in [6.45, 7) is 2.09. The molecule has 1 saturated carbocycles. The van der Waals surface area contributed by atoms with Crippen LogP contribution in [0.15, 0.2) is 24.3 Å². The largest absolute Gasteiger partial charge is 0.463 e. The summed E-state index contributed by atoms with van der Waals surface area (Å²) in [6, 6.07) is 5.82. The minimum absolute atomic E-state index is 0.327. The van der Waals surface area contributed by atoms with Gasteiger partial charge in [0.15, 0.2) is 0 Å². The monoisotopic (exact) mass is 345 g/mol. The molecule has 1 amide bonds. The number of hydrogen-bond acceptors (Lipinski definition) is 4. The average Bonchev–Trinajstić information content (AvgIpc) is 2.61. The Morgan fingerprint density at radius 3 is 2.56 bits per heavy atom. The molecule has 0 aliphatic heterocycles. The van der Waals surface area contributed by atoms with E-state index in [0.29, 0.717) is 23.8 Å². The van der Waals surface area contributed by atoms with Gasteiger partial charge in [0.1, 0.15) is 5.75 Å². The van der Waals surface area contributed by atoms with E-state index >= 15 is 0 Å². The molecule has 0 N–H and O–H groups in total. The number of benzene rings is 1. The van der Waals surface area contributed by atoms with Gasteiger partial charge in [0.05, 0.1) is 6.61 Å². The molecule has 0 spiro atoms. The molecule has 0 unspecified atom stereocenters. The standard InChI is InChI=1S/C20H27NO4/c1-4-24-18(22)14-13-16-11-8-12-17(15-9-6-5-7-10-15)19(16)25-20(23)21(2)3/h8,11-15H,4-7,9-10H2,1-3H3/b14-13+. The summed E-state index contributed by atoms with van der Waals surface area (Å²) in [5, 5.41) is 0. The predicted molar refractivity (Wildman–Crippen MR) is 97.6 cm³/mol. The van der Waals surface area contributed by atoms with Crippen molar-refractivity contribution >= 4 is 18.1 Å². The Kier molecular flexibility index (Phi) is 7.04. The summed E-state index contributed by atoms with van der Waals surface area (Å²) in [5.74, 6) is 0.527. The highest BCUT2D eigenvalue weighted by atomic mass is 16.6. The number of para-hydroxylation sites is 1. The molecule has 0 aromatic heterocycles. The highest BCUT2D eigenvalue weighted by Crippen LogP contribution is 2.39. The van der Waals surface area contributed by atoms with Gasteiger partial charge >= 0.3 is 12.1 Å². The zero-order valence-corrected chi connectivity index (χ0v) is 15.3. The Bertz CT molecular complexity index is 631. The smallest absolute Gasteiger partial charge is 0.414 e. The second kappa shape index (κ2) is 9.25. The van der Waals surface area contributed by atoms with Crippen molar-refractivity contribution < 1.29 is 19.1 Å². The van der Waals surface area contributed by atoms with Crippen LogP contribution in [0.4, 0.5) is 4.79 Å². The van der Waals surface area contributed by atoms with Crippen LogP contribution in [0.3, 0.4) is 0 Å². The lowest BCUT2D eigenvalue weighted by atomic mass is 9.83. The van der Waals surface area contributed by atoms with E-state index in [2.05, 4.69) is 0 Å². The van der Waals surface area contributed by atoms with E-state index in [-0.39, 0.29) is 0 Å². The first-order chi connectivity index (χ1) is 12.0. The molecule has 1 fully saturated rings. The SMILES string of the molecule is CCOC(=O)/C=C/c1cccc(C2CCCCC2)c1OC(=O)N(C)C. The number of carbonyl (C=O) groups is 2. The fraction of sp³-hybridized carbons (Fsp3) is 0.500. The van der Waals surface area contributed by atoms with E-state index in [1.807, 2.05) is 18.2 Å². The normalized spacial score (nSPS) is 15.2. The number of hydrogen-bond donors (Lipinski definition) is 0. The Morgan fingerprint density at radius 2 is 1.92 bits per heavy atom. The van der Waals surface area contributed by atoms with Crippen molar-refractivity contribution in [3.05, 3.63) is 35.4 Å². The maximum atomic E-state index is 12.1. The summed E-state index contributed by atoms with van der Waals surface area (Å²) < 4.78 is 10.6. The zero-order valence-electron chi connectivity index (χ0n) is 15.3. The topological polar surface area (TPSA) is 55.8 Å². The van der Waals surface area contributed by atoms with Crippen molar-refractivity contribution in [2.24, 2.45) is 0 Å². The van der Waals surface area contributed by atoms with Crippen LogP contribution in [0.2, 0.25) is 0 Å². The first kappa shape index (κ1) is 19.0. The van der Waals surface area contributed by atoms with Crippen LogP contribution < -0.4 is 4.74 Å². The lowest BCUT2D eigenvalue weighted by molar-refractivity contribution is -0.137. The Hall–Kier alpha value is -2.30. The summed E-state index contributed by atoms with van der Waals surface area (Å²) in [6.07, 6.45) is 8.43. The highest BCUT2D eigenvalue weighted by molar-refractivity contribution is 5.88. The molecule has 0 atom stereocenters. The molecule has 136 valence electrons. The molecular formula is C20H27NO4. The maximum absolute atomic E-state index is 12.1. The number of carbonyl (C=O) groups excluding carboxylic acids is 2. The molecule has 1 aromatic rings. The summed E-state index contributed by atoms with van der Waals surface area (Å²) >= 11 is 0. The van der Waals surface area contributed by atoms with Gasteiger partial charge in [-0.1, -0.05) is 37.5 Å². The first-order valence-corrected chi connectivity index (χ1v) is 8.89. The number of esters is 1. The molecule has 1 aromatic carbocycles. The van der Waals surface area contributed by atoms with Crippen LogP contribution in [0.1, 0.15) is 56.1 Å². The Labute approximate surface area is 149 Å². The molecule has 5 heteroatoms. The van der Waals surface area contributed by atoms with Crippen molar-refractivity contribution in [1.29, 1.82) is 0 Å². The van der Waals surface area contributed by atoms with Crippen LogP contribution in [-0.4, -0.2) is 37.7 Å². The van der Waals surface area contributed by atoms with Gasteiger partial charge < -0.3 is 14.4 Å². The summed E-state index contributed by atoms with van der Waals surface area (Å²) in [7, 11) is 3.30. The molecule has 0 heterocycles. The van der Waals surface area contributed by atoms with Crippen molar-refractivity contribution in [3.63, 3.8) is 0 Å². The Morgan fingerprint density at radius 1 is 1.20 bits per heavy atom. The molecule has 2 rings (SSSR count). The van der Waals surface area contributed by atoms with E-state index in [1.165, 1.54) is 30.2 Å². The first-order valence-electron chi connectivity index (χ1n) is 8.89. The van der Waals surface area contributed by atoms with Gasteiger partial charge in [0, 0.05) is 25.7 Å². The van der Waals surface area contributed by atoms with Crippen molar-refractivity contribution in [2.75, 3.05) is 20.7 Å². The van der Waals surface area contributed by atoms with E-state index in [0.717, 1.165) is 18.4 Å². The molecule has 5 nitrogen and oxygen atoms in total. The molecule has 1 aliphatic carbocycles. The van der Waals surface area contributed by atoms with Gasteiger partial charge in [-0.15, -0.1) is 0 Å². The van der Waals surface area contributed by atoms with E-state index in [4.69, 9.17) is 9.47 Å². The lowest BCUT2D eigenvalue weighted by Gasteiger charge is -2.25. The molecule has 0 bridgehead atoms. The van der Waals surface area contributed by atoms with Crippen LogP contribution in [0, 0.1) is 0 Å². The zero-order chi connectivity index (χ0) is 18.2. The summed E-state index contributed by atoms with van der Waals surface area (Å²) in [4.78, 5) is 25.1. The van der Waals surface area contributed by atoms with E-state index in [9.17, 15) is 9.59 Å². The van der Waals surface area contributed by atoms with Crippen molar-refractivity contribution in [1.82, 2.24) is 4.90 Å². The van der Waals surface area contributed by atoms with Crippen LogP contribution in [0.25, 0.3) is 6.08 Å². The molecule has 1 aliphatic rings. The lowest BCUT2D eigenvalue weighted by Crippen LogP contribution is -2.26. The van der Waals surface area contributed by atoms with Gasteiger partial charge in [-0.3, -0.25) is 0 Å². The van der Waals surface area contributed by atoms with Crippen LogP contribution >= 0.6 is 0 Å². The predicted octanol–water partition coefficient (Wildman–Crippen LogP) is 4.37. The molecule has 0 saturated heterocycles. The minimum atomic E-state index is -0.422. The maximum Gasteiger partial charge on any atom is 0.414 e. The third-order valence-corrected chi connectivity index (χ3v) is 4.36. The number of amides is 1. The third kappa shape index (κ3) is 5.34. The van der Waals surface area contributed by atoms with Crippen molar-refractivity contribution in [3.8, 4) is 5.75 Å². The van der Waals surface area contributed by atoms with Gasteiger partial charge in [-0.25, -0.2) is 9.59 Å². The average molecular weight is 345 g/mol. The molecular weight excluding hydrogens is 318 g/mol. The Balaban J connectivity index is 2.36. The number of nitrogens with zero attached hydrogens (tertiary/aromatic N) is 1. The van der Waals surface area contributed by atoms with Crippen molar-refractivity contribution in [2.45, 2.75) is 44.9 Å². The quantitative estimate of drug-likeness (QED) is 0.587. The molecule has 0 radical (unpaired) electrons. The van der Waals surface area contributed by atoms with Crippen LogP contribution in [0.5, 0.6) is 5.75 Å². The molecule has 25 heavy (non-hydrogen) atoms. The summed E-state index contributed by atoms with van der Waals surface area (Å²) in [5.41, 5.74) is 1.76. The van der Waals surface area contributed by atoms with Crippen LogP contribution in [-0.2, 0) is 9.53 Å².